The van der Waals surface area contributed by atoms with E-state index in [4.69, 9.17) is 27.9 Å². The van der Waals surface area contributed by atoms with E-state index >= 15 is 0 Å². The van der Waals surface area contributed by atoms with Crippen LogP contribution in [0.3, 0.4) is 0 Å². The molecule has 0 fully saturated rings. The first-order chi connectivity index (χ1) is 18.3. The van der Waals surface area contributed by atoms with Crippen molar-refractivity contribution >= 4 is 46.7 Å². The molecule has 0 radical (unpaired) electrons. The molecule has 10 heteroatoms. The Morgan fingerprint density at radius 2 is 1.79 bits per heavy atom. The first-order valence-corrected chi connectivity index (χ1v) is 13.5. The fourth-order valence-corrected chi connectivity index (χ4v) is 5.61. The molecule has 1 aliphatic rings. The molecular formula is C28H23Cl2FN4O2S. The number of hydrogen-bond acceptors (Lipinski definition) is 6. The molecule has 3 aromatic carbocycles. The number of nitrogens with one attached hydrogen (secondary N) is 1. The minimum Gasteiger partial charge on any atom is -0.489 e. The van der Waals surface area contributed by atoms with Crippen LogP contribution in [0.4, 0.5) is 10.3 Å². The topological polar surface area (TPSA) is 69.0 Å². The van der Waals surface area contributed by atoms with Crippen molar-refractivity contribution in [3.63, 3.8) is 0 Å². The normalized spacial score (nSPS) is 14.7. The van der Waals surface area contributed by atoms with Crippen molar-refractivity contribution < 1.29 is 13.9 Å². The number of benzene rings is 3. The highest BCUT2D eigenvalue weighted by atomic mass is 35.5. The second-order valence-electron chi connectivity index (χ2n) is 8.72. The number of Topliss-reactive ketones (excluding diaryl/α,β-unsaturated/α-hetero) is 1. The van der Waals surface area contributed by atoms with Crippen LogP contribution in [-0.2, 0) is 17.2 Å². The molecular weight excluding hydrogens is 546 g/mol. The predicted octanol–water partition coefficient (Wildman–Crippen LogP) is 7.47. The van der Waals surface area contributed by atoms with Crippen LogP contribution in [0.25, 0.3) is 0 Å². The summed E-state index contributed by atoms with van der Waals surface area (Å²) in [5.41, 5.74) is 3.42. The first-order valence-electron chi connectivity index (χ1n) is 11.8. The van der Waals surface area contributed by atoms with Gasteiger partial charge in [-0.05, 0) is 55.3 Å². The van der Waals surface area contributed by atoms with Crippen LogP contribution < -0.4 is 10.1 Å². The number of rotatable bonds is 8. The third kappa shape index (κ3) is 5.43. The molecule has 0 amide bonds. The minimum atomic E-state index is -0.480. The van der Waals surface area contributed by atoms with Gasteiger partial charge in [0.1, 0.15) is 24.2 Å². The zero-order chi connectivity index (χ0) is 26.8. The van der Waals surface area contributed by atoms with Gasteiger partial charge in [-0.25, -0.2) is 9.07 Å². The Morgan fingerprint density at radius 1 is 1.08 bits per heavy atom. The Hall–Kier alpha value is -3.33. The monoisotopic (exact) mass is 568 g/mol. The number of hydrogen-bond donors (Lipinski definition) is 1. The first kappa shape index (κ1) is 26.3. The molecule has 38 heavy (non-hydrogen) atoms. The summed E-state index contributed by atoms with van der Waals surface area (Å²) in [6.07, 6.45) is 0. The number of ether oxygens (including phenoxy) is 1. The Bertz CT molecular complexity index is 1520. The van der Waals surface area contributed by atoms with Crippen molar-refractivity contribution in [1.29, 1.82) is 0 Å². The molecule has 6 nitrogen and oxygen atoms in total. The lowest BCUT2D eigenvalue weighted by molar-refractivity contribution is -0.114. The second kappa shape index (κ2) is 11.2. The van der Waals surface area contributed by atoms with Crippen molar-refractivity contribution in [3.8, 4) is 5.75 Å². The SMILES string of the molecule is CC(=O)C1=C(C)Nc2nc(SCc3ccccc3F)nn2C1c1ccc(OCc2c(Cl)cccc2Cl)cc1. The second-order valence-corrected chi connectivity index (χ2v) is 10.5. The van der Waals surface area contributed by atoms with Crippen LogP contribution in [0.15, 0.2) is 83.2 Å². The highest BCUT2D eigenvalue weighted by Gasteiger charge is 2.32. The molecule has 0 aliphatic carbocycles. The molecule has 194 valence electrons. The quantitative estimate of drug-likeness (QED) is 0.222. The predicted molar refractivity (Wildman–Crippen MR) is 148 cm³/mol. The molecule has 0 bridgehead atoms. The Kier molecular flexibility index (Phi) is 7.74. The van der Waals surface area contributed by atoms with E-state index in [9.17, 15) is 9.18 Å². The van der Waals surface area contributed by atoms with E-state index in [2.05, 4.69) is 15.4 Å². The highest BCUT2D eigenvalue weighted by Crippen LogP contribution is 2.37. The maximum atomic E-state index is 14.1. The van der Waals surface area contributed by atoms with Gasteiger partial charge < -0.3 is 10.1 Å². The van der Waals surface area contributed by atoms with E-state index in [1.54, 1.807) is 41.1 Å². The van der Waals surface area contributed by atoms with E-state index in [0.29, 0.717) is 55.0 Å². The van der Waals surface area contributed by atoms with E-state index in [1.165, 1.54) is 24.8 Å². The number of halogens is 3. The van der Waals surface area contributed by atoms with Crippen molar-refractivity contribution in [2.24, 2.45) is 0 Å². The molecule has 1 N–H and O–H groups in total. The Morgan fingerprint density at radius 3 is 2.47 bits per heavy atom. The van der Waals surface area contributed by atoms with Gasteiger partial charge in [0, 0.05) is 32.6 Å². The molecule has 4 aromatic rings. The van der Waals surface area contributed by atoms with Gasteiger partial charge in [0.2, 0.25) is 11.1 Å². The van der Waals surface area contributed by atoms with Gasteiger partial charge in [-0.15, -0.1) is 5.10 Å². The van der Waals surface area contributed by atoms with Gasteiger partial charge in [0.15, 0.2) is 5.78 Å². The fourth-order valence-electron chi connectivity index (χ4n) is 4.29. The number of carbonyl (C=O) groups is 1. The Balaban J connectivity index is 1.40. The van der Waals surface area contributed by atoms with Crippen molar-refractivity contribution in [2.45, 2.75) is 37.4 Å². The maximum absolute atomic E-state index is 14.1. The Labute approximate surface area is 233 Å². The fraction of sp³-hybridized carbons (Fsp3) is 0.179. The third-order valence-electron chi connectivity index (χ3n) is 6.17. The van der Waals surface area contributed by atoms with Crippen molar-refractivity contribution in [1.82, 2.24) is 14.8 Å². The summed E-state index contributed by atoms with van der Waals surface area (Å²) in [5.74, 6) is 1.19. The number of ketones is 1. The summed E-state index contributed by atoms with van der Waals surface area (Å²) in [6.45, 7) is 3.60. The molecule has 0 saturated carbocycles. The molecule has 0 spiro atoms. The average Bonchev–Trinajstić information content (AvgIpc) is 3.29. The number of carbonyl (C=O) groups excluding carboxylic acids is 1. The van der Waals surface area contributed by atoms with Crippen molar-refractivity contribution in [3.05, 3.63) is 111 Å². The number of nitrogens with zero attached hydrogens (tertiary/aromatic N) is 3. The standard InChI is InChI=1S/C28H23Cl2FN4O2S/c1-16-25(17(2)36)26(18-10-12-20(13-11-18)37-14-21-22(29)7-5-8-23(21)30)35-27(32-16)33-28(34-35)38-15-19-6-3-4-9-24(19)31/h3-13,26H,14-15H2,1-2H3,(H,32,33,34). The van der Waals surface area contributed by atoms with Gasteiger partial charge in [0.05, 0.1) is 0 Å². The third-order valence-corrected chi connectivity index (χ3v) is 7.76. The minimum absolute atomic E-state index is 0.0737. The molecule has 0 saturated heterocycles. The summed E-state index contributed by atoms with van der Waals surface area (Å²) < 4.78 is 21.7. The van der Waals surface area contributed by atoms with E-state index < -0.39 is 6.04 Å². The number of allylic oxidation sites excluding steroid dienone is 2. The summed E-state index contributed by atoms with van der Waals surface area (Å²) in [7, 11) is 0. The molecule has 1 aromatic heterocycles. The van der Waals surface area contributed by atoms with Crippen LogP contribution in [0.5, 0.6) is 5.75 Å². The van der Waals surface area contributed by atoms with Crippen molar-refractivity contribution in [2.75, 3.05) is 5.32 Å². The van der Waals surface area contributed by atoms with E-state index in [0.717, 1.165) is 5.56 Å². The number of fused-ring (bicyclic) bond motifs is 1. The van der Waals surface area contributed by atoms with Crippen LogP contribution in [0, 0.1) is 5.82 Å². The lowest BCUT2D eigenvalue weighted by atomic mass is 9.93. The zero-order valence-corrected chi connectivity index (χ0v) is 22.9. The van der Waals surface area contributed by atoms with Gasteiger partial charge in [-0.2, -0.15) is 4.98 Å². The summed E-state index contributed by atoms with van der Waals surface area (Å²) in [6, 6.07) is 18.9. The van der Waals surface area contributed by atoms with Gasteiger partial charge in [-0.3, -0.25) is 4.79 Å². The van der Waals surface area contributed by atoms with Crippen LogP contribution in [-0.4, -0.2) is 20.5 Å². The number of anilines is 1. The largest absolute Gasteiger partial charge is 0.489 e. The van der Waals surface area contributed by atoms with E-state index in [1.807, 2.05) is 31.2 Å². The molecule has 1 aliphatic heterocycles. The average molecular weight is 569 g/mol. The summed E-state index contributed by atoms with van der Waals surface area (Å²) in [5, 5.41) is 9.43. The zero-order valence-electron chi connectivity index (χ0n) is 20.5. The maximum Gasteiger partial charge on any atom is 0.227 e. The van der Waals surface area contributed by atoms with Gasteiger partial charge in [-0.1, -0.05) is 71.4 Å². The highest BCUT2D eigenvalue weighted by molar-refractivity contribution is 7.98. The smallest absolute Gasteiger partial charge is 0.227 e. The number of thioether (sulfide) groups is 1. The van der Waals surface area contributed by atoms with Crippen LogP contribution in [0.2, 0.25) is 10.0 Å². The van der Waals surface area contributed by atoms with E-state index in [-0.39, 0.29) is 18.2 Å². The summed E-state index contributed by atoms with van der Waals surface area (Å²) >= 11 is 13.8. The number of aromatic nitrogens is 3. The lowest BCUT2D eigenvalue weighted by Crippen LogP contribution is -2.27. The molecule has 1 unspecified atom stereocenters. The summed E-state index contributed by atoms with van der Waals surface area (Å²) in [4.78, 5) is 17.3. The molecule has 1 atom stereocenters. The van der Waals surface area contributed by atoms with Gasteiger partial charge in [0.25, 0.3) is 0 Å². The molecule has 2 heterocycles. The van der Waals surface area contributed by atoms with Gasteiger partial charge >= 0.3 is 0 Å². The van der Waals surface area contributed by atoms with Crippen LogP contribution in [0.1, 0.15) is 36.6 Å². The lowest BCUT2D eigenvalue weighted by Gasteiger charge is -2.28. The molecule has 5 rings (SSSR count). The van der Waals surface area contributed by atoms with Crippen LogP contribution >= 0.6 is 35.0 Å².